The maximum Gasteiger partial charge on any atom is 0.270 e. The summed E-state index contributed by atoms with van der Waals surface area (Å²) in [5.41, 5.74) is 1.22. The Bertz CT molecular complexity index is 692. The van der Waals surface area contributed by atoms with Gasteiger partial charge in [0, 0.05) is 25.7 Å². The van der Waals surface area contributed by atoms with Crippen molar-refractivity contribution in [3.05, 3.63) is 17.8 Å². The van der Waals surface area contributed by atoms with E-state index in [4.69, 9.17) is 12.2 Å². The molecule has 0 radical (unpaired) electrons. The predicted molar refractivity (Wildman–Crippen MR) is 102 cm³/mol. The molecule has 1 aromatic heterocycles. The molecule has 0 spiro atoms. The summed E-state index contributed by atoms with van der Waals surface area (Å²) in [5.74, 6) is 0.778. The summed E-state index contributed by atoms with van der Waals surface area (Å²) in [5, 5.41) is 2.80. The Kier molecular flexibility index (Phi) is 6.30. The van der Waals surface area contributed by atoms with E-state index in [2.05, 4.69) is 15.2 Å². The number of hydrogen-bond acceptors (Lipinski definition) is 5. The van der Waals surface area contributed by atoms with Gasteiger partial charge in [-0.3, -0.25) is 9.18 Å². The molecule has 1 aliphatic carbocycles. The molecule has 0 aromatic carbocycles. The number of nitrogens with zero attached hydrogens (tertiary/aromatic N) is 2. The lowest BCUT2D eigenvalue weighted by atomic mass is 10.2. The number of alkyl halides is 1. The fourth-order valence-electron chi connectivity index (χ4n) is 3.06. The third-order valence-corrected chi connectivity index (χ3v) is 4.76. The summed E-state index contributed by atoms with van der Waals surface area (Å²) in [6, 6.07) is 3.29. The van der Waals surface area contributed by atoms with Gasteiger partial charge < -0.3 is 19.7 Å². The minimum absolute atomic E-state index is 0.0500. The molecule has 1 N–H and O–H groups in total. The van der Waals surface area contributed by atoms with Crippen LogP contribution in [0.4, 0.5) is 10.1 Å². The van der Waals surface area contributed by atoms with E-state index in [1.54, 1.807) is 13.0 Å². The van der Waals surface area contributed by atoms with E-state index in [1.807, 2.05) is 6.07 Å². The minimum Gasteiger partial charge on any atom is -0.476 e. The number of ether oxygens (including phenoxy) is 2. The normalized spacial score (nSPS) is 19.4. The number of pyridine rings is 1. The Hall–Kier alpha value is -1.89. The Morgan fingerprint density at radius 2 is 2.22 bits per heavy atom. The molecule has 2 fully saturated rings. The highest BCUT2D eigenvalue weighted by Gasteiger charge is 2.25. The molecule has 2 aliphatic rings. The van der Waals surface area contributed by atoms with Crippen LogP contribution >= 0.6 is 0 Å². The number of anilines is 1. The van der Waals surface area contributed by atoms with E-state index >= 15 is 0 Å². The summed E-state index contributed by atoms with van der Waals surface area (Å²) in [4.78, 5) is 19.3. The molecule has 1 atom stereocenters. The van der Waals surface area contributed by atoms with Crippen molar-refractivity contribution in [2.24, 2.45) is 5.92 Å². The molecular weight excluding hydrogens is 349 g/mol. The van der Waals surface area contributed by atoms with Gasteiger partial charge in [0.05, 0.1) is 28.3 Å². The van der Waals surface area contributed by atoms with Crippen molar-refractivity contribution < 1.29 is 21.4 Å². The van der Waals surface area contributed by atoms with Gasteiger partial charge in [0.1, 0.15) is 5.69 Å². The third kappa shape index (κ3) is 6.06. The molecule has 1 saturated carbocycles. The molecule has 1 aromatic rings. The highest BCUT2D eigenvalue weighted by Crippen LogP contribution is 2.33. The number of amides is 1. The molecule has 1 aliphatic heterocycles. The fourth-order valence-corrected chi connectivity index (χ4v) is 3.06. The summed E-state index contributed by atoms with van der Waals surface area (Å²) in [6.07, 6.45) is 4.31. The van der Waals surface area contributed by atoms with Crippen LogP contribution < -0.4 is 15.0 Å². The van der Waals surface area contributed by atoms with Crippen molar-refractivity contribution in [2.75, 3.05) is 44.4 Å². The molecule has 1 amide bonds. The van der Waals surface area contributed by atoms with Gasteiger partial charge in [0.2, 0.25) is 5.88 Å². The zero-order valence-corrected chi connectivity index (χ0v) is 15.9. The Morgan fingerprint density at radius 1 is 1.44 bits per heavy atom. The number of aromatic nitrogens is 1. The van der Waals surface area contributed by atoms with Gasteiger partial charge in [-0.25, -0.2) is 4.98 Å². The largest absolute Gasteiger partial charge is 0.476 e. The maximum atomic E-state index is 12.8. The topological polar surface area (TPSA) is 63.7 Å². The van der Waals surface area contributed by atoms with Gasteiger partial charge in [0.15, 0.2) is 0 Å². The lowest BCUT2D eigenvalue weighted by Gasteiger charge is -2.21. The van der Waals surface area contributed by atoms with E-state index < -0.39 is 6.63 Å². The first-order valence-corrected chi connectivity index (χ1v) is 9.78. The second-order valence-electron chi connectivity index (χ2n) is 7.30. The lowest BCUT2D eigenvalue weighted by Crippen LogP contribution is -2.36. The summed E-state index contributed by atoms with van der Waals surface area (Å²) in [7, 11) is 0. The van der Waals surface area contributed by atoms with Gasteiger partial charge >= 0.3 is 0 Å². The van der Waals surface area contributed by atoms with E-state index in [9.17, 15) is 9.18 Å². The second kappa shape index (κ2) is 9.88. The number of rotatable bonds is 11. The molecule has 6 nitrogen and oxygen atoms in total. The lowest BCUT2D eigenvalue weighted by molar-refractivity contribution is 0.0835. The molecule has 27 heavy (non-hydrogen) atoms. The third-order valence-electron chi connectivity index (χ3n) is 4.76. The molecule has 1 saturated heterocycles. The highest BCUT2D eigenvalue weighted by atomic mass is 19.1. The standard InChI is InChI=1S/C20H30FN3O3/c1-15(13-26-12-4-9-21)22-19(25)17-7-8-18(24-10-2-3-11-24)20(23-17)27-14-16-5-6-16/h7-8,15-16H,2-6,9-14H2,1H3,(H,22,25)/i9D2. The molecule has 1 unspecified atom stereocenters. The van der Waals surface area contributed by atoms with Crippen LogP contribution in [0.2, 0.25) is 0 Å². The quantitative estimate of drug-likeness (QED) is 0.597. The Morgan fingerprint density at radius 3 is 2.93 bits per heavy atom. The number of carbonyl (C=O) groups is 1. The van der Waals surface area contributed by atoms with Gasteiger partial charge in [-0.15, -0.1) is 0 Å². The van der Waals surface area contributed by atoms with E-state index in [-0.39, 0.29) is 37.3 Å². The van der Waals surface area contributed by atoms with Crippen LogP contribution in [0.1, 0.15) is 52.3 Å². The summed E-state index contributed by atoms with van der Waals surface area (Å²) >= 11 is 0. The number of hydrogen-bond donors (Lipinski definition) is 1. The van der Waals surface area contributed by atoms with Crippen molar-refractivity contribution >= 4 is 11.6 Å². The smallest absolute Gasteiger partial charge is 0.270 e. The van der Waals surface area contributed by atoms with Gasteiger partial charge in [-0.1, -0.05) is 0 Å². The molecule has 150 valence electrons. The monoisotopic (exact) mass is 381 g/mol. The first-order chi connectivity index (χ1) is 13.8. The zero-order chi connectivity index (χ0) is 20.9. The predicted octanol–water partition coefficient (Wildman–Crippen LogP) is 2.97. The molecule has 3 rings (SSSR count). The fraction of sp³-hybridized carbons (Fsp3) is 0.700. The SMILES string of the molecule is [2H]C([2H])(F)CCOCC(C)NC(=O)c1ccc(N2CCCC2)c(OCC2CC2)n1. The molecule has 2 heterocycles. The van der Waals surface area contributed by atoms with Gasteiger partial charge in [0.25, 0.3) is 5.91 Å². The number of halogens is 1. The highest BCUT2D eigenvalue weighted by molar-refractivity contribution is 5.93. The van der Waals surface area contributed by atoms with Crippen LogP contribution in [-0.2, 0) is 4.74 Å². The van der Waals surface area contributed by atoms with Crippen molar-refractivity contribution in [1.29, 1.82) is 0 Å². The van der Waals surface area contributed by atoms with Crippen molar-refractivity contribution in [2.45, 2.75) is 45.1 Å². The Balaban J connectivity index is 1.56. The van der Waals surface area contributed by atoms with Crippen LogP contribution in [0.5, 0.6) is 5.88 Å². The number of carbonyl (C=O) groups excluding carboxylic acids is 1. The average molecular weight is 381 g/mol. The summed E-state index contributed by atoms with van der Waals surface area (Å²) < 4.78 is 37.7. The molecule has 0 bridgehead atoms. The molecule has 7 heteroatoms. The first kappa shape index (κ1) is 17.2. The average Bonchev–Trinajstić information content (AvgIpc) is 3.34. The van der Waals surface area contributed by atoms with Crippen LogP contribution in [-0.4, -0.2) is 56.5 Å². The zero-order valence-electron chi connectivity index (χ0n) is 17.9. The second-order valence-corrected chi connectivity index (χ2v) is 7.30. The van der Waals surface area contributed by atoms with Crippen molar-refractivity contribution in [3.63, 3.8) is 0 Å². The maximum absolute atomic E-state index is 12.8. The van der Waals surface area contributed by atoms with Crippen LogP contribution in [0.3, 0.4) is 0 Å². The summed E-state index contributed by atoms with van der Waals surface area (Å²) in [6.45, 7) is 1.71. The van der Waals surface area contributed by atoms with Crippen molar-refractivity contribution in [1.82, 2.24) is 10.3 Å². The van der Waals surface area contributed by atoms with Crippen LogP contribution in [0.25, 0.3) is 0 Å². The minimum atomic E-state index is -2.75. The first-order valence-electron chi connectivity index (χ1n) is 10.8. The van der Waals surface area contributed by atoms with Gasteiger partial charge in [-0.05, 0) is 57.1 Å². The van der Waals surface area contributed by atoms with Crippen molar-refractivity contribution in [3.8, 4) is 5.88 Å². The van der Waals surface area contributed by atoms with Gasteiger partial charge in [-0.2, -0.15) is 0 Å². The van der Waals surface area contributed by atoms with Crippen LogP contribution in [0, 0.1) is 5.92 Å². The van der Waals surface area contributed by atoms with E-state index in [0.29, 0.717) is 18.4 Å². The van der Waals surface area contributed by atoms with E-state index in [0.717, 1.165) is 31.6 Å². The molecular formula is C20H30FN3O3. The number of nitrogens with one attached hydrogen (secondary N) is 1. The van der Waals surface area contributed by atoms with Crippen LogP contribution in [0.15, 0.2) is 12.1 Å². The van der Waals surface area contributed by atoms with E-state index in [1.165, 1.54) is 12.8 Å². The Labute approximate surface area is 163 Å².